The number of carbonyl (C=O) groups excluding carboxylic acids is 1. The maximum Gasteiger partial charge on any atom is 0.228 e. The topological polar surface area (TPSA) is 60.2 Å². The van der Waals surface area contributed by atoms with Crippen LogP contribution in [0, 0.1) is 29.5 Å². The molecule has 6 heteroatoms. The van der Waals surface area contributed by atoms with Gasteiger partial charge in [0.1, 0.15) is 11.9 Å². The number of anilines is 1. The van der Waals surface area contributed by atoms with Crippen LogP contribution in [0.15, 0.2) is 18.3 Å². The molecular formula is C21H25FN4O. The van der Waals surface area contributed by atoms with Crippen LogP contribution in [-0.4, -0.2) is 42.0 Å². The minimum Gasteiger partial charge on any atom is -0.368 e. The standard InChI is InChI=1S/C21H25FN4O/c1-14-10-16(22)11-17-18(14)24-13-15(12-23)19(17)25-6-5-7-26(9-8-25)20(27)21(2,3)4/h10-11,13H,5-9H2,1-4H3. The van der Waals surface area contributed by atoms with Crippen molar-refractivity contribution < 1.29 is 9.18 Å². The smallest absolute Gasteiger partial charge is 0.228 e. The second-order valence-electron chi connectivity index (χ2n) is 8.13. The average Bonchev–Trinajstić information content (AvgIpc) is 2.84. The van der Waals surface area contributed by atoms with E-state index in [9.17, 15) is 14.4 Å². The molecule has 1 amide bonds. The fourth-order valence-corrected chi connectivity index (χ4v) is 3.66. The fraction of sp³-hybridized carbons (Fsp3) is 0.476. The summed E-state index contributed by atoms with van der Waals surface area (Å²) in [5, 5.41) is 10.2. The van der Waals surface area contributed by atoms with Gasteiger partial charge in [0.25, 0.3) is 0 Å². The van der Waals surface area contributed by atoms with Gasteiger partial charge in [0.15, 0.2) is 0 Å². The predicted molar refractivity (Wildman–Crippen MR) is 104 cm³/mol. The van der Waals surface area contributed by atoms with E-state index < -0.39 is 5.41 Å². The van der Waals surface area contributed by atoms with Gasteiger partial charge in [-0.3, -0.25) is 9.78 Å². The predicted octanol–water partition coefficient (Wildman–Crippen LogP) is 3.64. The van der Waals surface area contributed by atoms with E-state index in [1.807, 2.05) is 32.6 Å². The summed E-state index contributed by atoms with van der Waals surface area (Å²) in [5.41, 5.74) is 2.18. The van der Waals surface area contributed by atoms with Gasteiger partial charge in [-0.2, -0.15) is 5.26 Å². The van der Waals surface area contributed by atoms with Crippen molar-refractivity contribution in [3.8, 4) is 6.07 Å². The highest BCUT2D eigenvalue weighted by atomic mass is 19.1. The van der Waals surface area contributed by atoms with Gasteiger partial charge in [0, 0.05) is 43.2 Å². The molecule has 1 aliphatic heterocycles. The molecule has 5 nitrogen and oxygen atoms in total. The van der Waals surface area contributed by atoms with E-state index in [0.717, 1.165) is 17.7 Å². The van der Waals surface area contributed by atoms with Crippen molar-refractivity contribution in [1.82, 2.24) is 9.88 Å². The Labute approximate surface area is 159 Å². The zero-order valence-electron chi connectivity index (χ0n) is 16.3. The summed E-state index contributed by atoms with van der Waals surface area (Å²) in [6.45, 7) is 10.2. The van der Waals surface area contributed by atoms with Crippen LogP contribution in [0.25, 0.3) is 10.9 Å². The molecule has 3 rings (SSSR count). The van der Waals surface area contributed by atoms with Crippen molar-refractivity contribution in [3.05, 3.63) is 35.3 Å². The van der Waals surface area contributed by atoms with Crippen molar-refractivity contribution in [2.45, 2.75) is 34.1 Å². The summed E-state index contributed by atoms with van der Waals surface area (Å²) in [6.07, 6.45) is 2.36. The number of aromatic nitrogens is 1. The summed E-state index contributed by atoms with van der Waals surface area (Å²) >= 11 is 0. The molecule has 1 aromatic heterocycles. The minimum atomic E-state index is -0.420. The molecular weight excluding hydrogens is 343 g/mol. The second kappa shape index (κ2) is 7.15. The van der Waals surface area contributed by atoms with Gasteiger partial charge in [-0.15, -0.1) is 0 Å². The SMILES string of the molecule is Cc1cc(F)cc2c(N3CCCN(C(=O)C(C)(C)C)CC3)c(C#N)cnc12. The number of amides is 1. The number of benzene rings is 1. The number of nitrogens with zero attached hydrogens (tertiary/aromatic N) is 4. The van der Waals surface area contributed by atoms with E-state index in [4.69, 9.17) is 0 Å². The van der Waals surface area contributed by atoms with Crippen molar-refractivity contribution in [3.63, 3.8) is 0 Å². The number of aryl methyl sites for hydroxylation is 1. The number of carbonyl (C=O) groups is 1. The molecule has 0 spiro atoms. The monoisotopic (exact) mass is 368 g/mol. The van der Waals surface area contributed by atoms with Crippen molar-refractivity contribution in [2.24, 2.45) is 5.41 Å². The van der Waals surface area contributed by atoms with E-state index in [1.54, 1.807) is 6.20 Å². The molecule has 0 atom stereocenters. The molecule has 27 heavy (non-hydrogen) atoms. The molecule has 1 aromatic carbocycles. The number of nitriles is 1. The van der Waals surface area contributed by atoms with Gasteiger partial charge in [0.05, 0.1) is 16.8 Å². The van der Waals surface area contributed by atoms with Crippen LogP contribution >= 0.6 is 0 Å². The molecule has 0 saturated carbocycles. The third-order valence-corrected chi connectivity index (χ3v) is 4.96. The number of hydrogen-bond donors (Lipinski definition) is 0. The van der Waals surface area contributed by atoms with Gasteiger partial charge in [0.2, 0.25) is 5.91 Å². The van der Waals surface area contributed by atoms with Crippen molar-refractivity contribution in [2.75, 3.05) is 31.1 Å². The molecule has 142 valence electrons. The Morgan fingerprint density at radius 2 is 1.96 bits per heavy atom. The zero-order valence-corrected chi connectivity index (χ0v) is 16.3. The van der Waals surface area contributed by atoms with Gasteiger partial charge < -0.3 is 9.80 Å². The number of fused-ring (bicyclic) bond motifs is 1. The number of halogens is 1. The van der Waals surface area contributed by atoms with Crippen LogP contribution < -0.4 is 4.90 Å². The fourth-order valence-electron chi connectivity index (χ4n) is 3.66. The number of rotatable bonds is 1. The Morgan fingerprint density at radius 3 is 2.63 bits per heavy atom. The van der Waals surface area contributed by atoms with Crippen LogP contribution in [0.4, 0.5) is 10.1 Å². The summed E-state index contributed by atoms with van der Waals surface area (Å²) in [4.78, 5) is 21.0. The van der Waals surface area contributed by atoms with Crippen LogP contribution in [0.1, 0.15) is 38.3 Å². The lowest BCUT2D eigenvalue weighted by Gasteiger charge is -2.29. The third-order valence-electron chi connectivity index (χ3n) is 4.96. The van der Waals surface area contributed by atoms with Gasteiger partial charge in [-0.1, -0.05) is 20.8 Å². The molecule has 0 aliphatic carbocycles. The highest BCUT2D eigenvalue weighted by Crippen LogP contribution is 2.32. The van der Waals surface area contributed by atoms with E-state index >= 15 is 0 Å². The van der Waals surface area contributed by atoms with Gasteiger partial charge in [-0.25, -0.2) is 4.39 Å². The van der Waals surface area contributed by atoms with E-state index in [0.29, 0.717) is 42.6 Å². The Hall–Kier alpha value is -2.68. The molecule has 1 aliphatic rings. The van der Waals surface area contributed by atoms with Gasteiger partial charge >= 0.3 is 0 Å². The van der Waals surface area contributed by atoms with E-state index in [1.165, 1.54) is 12.1 Å². The molecule has 1 saturated heterocycles. The Bertz CT molecular complexity index is 926. The zero-order chi connectivity index (χ0) is 19.8. The average molecular weight is 368 g/mol. The summed E-state index contributed by atoms with van der Waals surface area (Å²) in [6, 6.07) is 5.10. The maximum absolute atomic E-state index is 14.1. The lowest BCUT2D eigenvalue weighted by Crippen LogP contribution is -2.41. The lowest BCUT2D eigenvalue weighted by atomic mass is 9.94. The minimum absolute atomic E-state index is 0.131. The van der Waals surface area contributed by atoms with Crippen molar-refractivity contribution in [1.29, 1.82) is 5.26 Å². The lowest BCUT2D eigenvalue weighted by molar-refractivity contribution is -0.139. The van der Waals surface area contributed by atoms with E-state index in [2.05, 4.69) is 16.0 Å². The highest BCUT2D eigenvalue weighted by molar-refractivity contribution is 5.96. The Balaban J connectivity index is 2.00. The third kappa shape index (κ3) is 3.73. The summed E-state index contributed by atoms with van der Waals surface area (Å²) in [5.74, 6) is -0.205. The largest absolute Gasteiger partial charge is 0.368 e. The Morgan fingerprint density at radius 1 is 1.22 bits per heavy atom. The first-order chi connectivity index (χ1) is 12.7. The molecule has 0 unspecified atom stereocenters. The first-order valence-electron chi connectivity index (χ1n) is 9.25. The molecule has 0 N–H and O–H groups in total. The van der Waals surface area contributed by atoms with E-state index in [-0.39, 0.29) is 11.7 Å². The maximum atomic E-state index is 14.1. The van der Waals surface area contributed by atoms with Crippen LogP contribution in [0.3, 0.4) is 0 Å². The molecule has 1 fully saturated rings. The quantitative estimate of drug-likeness (QED) is 0.771. The first kappa shape index (κ1) is 19.1. The molecule has 0 bridgehead atoms. The van der Waals surface area contributed by atoms with Crippen LogP contribution in [0.5, 0.6) is 0 Å². The second-order valence-corrected chi connectivity index (χ2v) is 8.13. The normalized spacial score (nSPS) is 15.6. The Kier molecular flexibility index (Phi) is 5.05. The van der Waals surface area contributed by atoms with Gasteiger partial charge in [-0.05, 0) is 31.0 Å². The molecule has 0 radical (unpaired) electrons. The van der Waals surface area contributed by atoms with Crippen LogP contribution in [0.2, 0.25) is 0 Å². The molecule has 2 aromatic rings. The van der Waals surface area contributed by atoms with Crippen molar-refractivity contribution >= 4 is 22.5 Å². The van der Waals surface area contributed by atoms with Crippen LogP contribution in [-0.2, 0) is 4.79 Å². The summed E-state index contributed by atoms with van der Waals surface area (Å²) in [7, 11) is 0. The highest BCUT2D eigenvalue weighted by Gasteiger charge is 2.29. The summed E-state index contributed by atoms with van der Waals surface area (Å²) < 4.78 is 14.1. The number of hydrogen-bond acceptors (Lipinski definition) is 4. The first-order valence-corrected chi connectivity index (χ1v) is 9.25. The number of pyridine rings is 1. The molecule has 2 heterocycles.